The molecule has 4 aromatic rings. The summed E-state index contributed by atoms with van der Waals surface area (Å²) in [6.07, 6.45) is 1.49. The van der Waals surface area contributed by atoms with Gasteiger partial charge in [-0.1, -0.05) is 41.6 Å². The third kappa shape index (κ3) is 3.85. The number of nitrogens with one attached hydrogen (secondary N) is 1. The number of amides is 1. The van der Waals surface area contributed by atoms with Crippen molar-refractivity contribution in [2.75, 3.05) is 11.1 Å². The first-order chi connectivity index (χ1) is 15.9. The number of nitro groups is 1. The molecule has 0 fully saturated rings. The molecule has 1 N–H and O–H groups in total. The average molecular weight is 483 g/mol. The smallest absolute Gasteiger partial charge is 0.289 e. The largest absolute Gasteiger partial charge is 0.326 e. The van der Waals surface area contributed by atoms with Gasteiger partial charge in [-0.15, -0.1) is 0 Å². The van der Waals surface area contributed by atoms with E-state index < -0.39 is 11.0 Å². The van der Waals surface area contributed by atoms with Gasteiger partial charge in [0.15, 0.2) is 10.8 Å². The van der Waals surface area contributed by atoms with Crippen LogP contribution in [0.15, 0.2) is 64.7 Å². The second-order valence-corrected chi connectivity index (χ2v) is 8.73. The molecule has 0 bridgehead atoms. The van der Waals surface area contributed by atoms with Crippen molar-refractivity contribution in [1.82, 2.24) is 19.3 Å². The Morgan fingerprint density at radius 2 is 2.06 bits per heavy atom. The number of aromatic nitrogens is 4. The number of carbonyl (C=O) groups excluding carboxylic acids is 1. The lowest BCUT2D eigenvalue weighted by molar-refractivity contribution is -0.384. The molecule has 1 aliphatic heterocycles. The molecular weight excluding hydrogens is 468 g/mol. The van der Waals surface area contributed by atoms with E-state index in [0.29, 0.717) is 21.9 Å². The Kier molecular flexibility index (Phi) is 5.35. The van der Waals surface area contributed by atoms with Crippen molar-refractivity contribution < 1.29 is 9.72 Å². The molecule has 1 atom stereocenters. The van der Waals surface area contributed by atoms with Gasteiger partial charge in [-0.2, -0.15) is 5.10 Å². The number of fused-ring (bicyclic) bond motifs is 2. The number of hydrogen-bond donors (Lipinski definition) is 1. The summed E-state index contributed by atoms with van der Waals surface area (Å²) in [5.74, 6) is 0.124. The molecule has 2 aromatic carbocycles. The average Bonchev–Trinajstić information content (AvgIpc) is 3.40. The second-order valence-electron chi connectivity index (χ2n) is 7.34. The van der Waals surface area contributed by atoms with Crippen molar-refractivity contribution >= 4 is 51.7 Å². The summed E-state index contributed by atoms with van der Waals surface area (Å²) in [6, 6.07) is 13.0. The van der Waals surface area contributed by atoms with Crippen LogP contribution in [0.4, 0.5) is 11.4 Å². The molecule has 5 rings (SSSR count). The fourth-order valence-electron chi connectivity index (χ4n) is 3.70. The maximum atomic E-state index is 13.2. The second kappa shape index (κ2) is 8.34. The Balaban J connectivity index is 1.41. The maximum Gasteiger partial charge on any atom is 0.289 e. The molecule has 2 aromatic heterocycles. The van der Waals surface area contributed by atoms with Gasteiger partial charge in [0.05, 0.1) is 22.8 Å². The van der Waals surface area contributed by atoms with Crippen LogP contribution in [0.25, 0.3) is 16.7 Å². The fourth-order valence-corrected chi connectivity index (χ4v) is 5.01. The van der Waals surface area contributed by atoms with Gasteiger partial charge in [-0.25, -0.2) is 9.67 Å². The topological polar surface area (TPSA) is 125 Å². The van der Waals surface area contributed by atoms with E-state index in [9.17, 15) is 19.7 Å². The molecule has 1 unspecified atom stereocenters. The minimum atomic E-state index is -0.617. The lowest BCUT2D eigenvalue weighted by Gasteiger charge is -2.13. The summed E-state index contributed by atoms with van der Waals surface area (Å²) < 4.78 is 3.14. The van der Waals surface area contributed by atoms with Crippen LogP contribution in [0, 0.1) is 10.1 Å². The van der Waals surface area contributed by atoms with Gasteiger partial charge in [0.2, 0.25) is 5.91 Å². The van der Waals surface area contributed by atoms with Gasteiger partial charge in [-0.3, -0.25) is 24.3 Å². The van der Waals surface area contributed by atoms with Crippen molar-refractivity contribution in [3.05, 3.63) is 80.2 Å². The third-order valence-electron chi connectivity index (χ3n) is 5.22. The Bertz CT molecular complexity index is 1470. The molecule has 0 saturated heterocycles. The van der Waals surface area contributed by atoms with E-state index in [0.717, 1.165) is 5.69 Å². The summed E-state index contributed by atoms with van der Waals surface area (Å²) in [6.45, 7) is 0. The van der Waals surface area contributed by atoms with Crippen LogP contribution < -0.4 is 10.9 Å². The predicted molar refractivity (Wildman–Crippen MR) is 124 cm³/mol. The first-order valence-electron chi connectivity index (χ1n) is 9.84. The molecule has 0 radical (unpaired) electrons. The van der Waals surface area contributed by atoms with Crippen LogP contribution in [-0.4, -0.2) is 35.9 Å². The molecule has 1 amide bonds. The van der Waals surface area contributed by atoms with Crippen molar-refractivity contribution in [1.29, 1.82) is 0 Å². The quantitative estimate of drug-likeness (QED) is 0.260. The van der Waals surface area contributed by atoms with Crippen molar-refractivity contribution in [3.63, 3.8) is 0 Å². The zero-order valence-electron chi connectivity index (χ0n) is 16.8. The van der Waals surface area contributed by atoms with E-state index in [-0.39, 0.29) is 34.3 Å². The number of nitrogens with zero attached hydrogens (tertiary/aromatic N) is 5. The highest BCUT2D eigenvalue weighted by molar-refractivity contribution is 7.99. The molecule has 0 saturated carbocycles. The zero-order chi connectivity index (χ0) is 23.1. The number of anilines is 1. The van der Waals surface area contributed by atoms with Gasteiger partial charge >= 0.3 is 0 Å². The summed E-state index contributed by atoms with van der Waals surface area (Å²) >= 11 is 7.21. The third-order valence-corrected chi connectivity index (χ3v) is 6.64. The molecule has 33 heavy (non-hydrogen) atoms. The van der Waals surface area contributed by atoms with Crippen LogP contribution in [0.2, 0.25) is 5.02 Å². The van der Waals surface area contributed by atoms with Crippen molar-refractivity contribution in [3.8, 4) is 5.69 Å². The highest BCUT2D eigenvalue weighted by Crippen LogP contribution is 2.34. The lowest BCUT2D eigenvalue weighted by Crippen LogP contribution is -2.27. The van der Waals surface area contributed by atoms with Gasteiger partial charge in [0, 0.05) is 23.9 Å². The normalized spacial score (nSPS) is 14.9. The summed E-state index contributed by atoms with van der Waals surface area (Å²) in [7, 11) is 0. The SMILES string of the molecule is O=C(CC1CSc2nc3c(cnn3-c3ccccc3)c(=O)n21)Nc1ccc(Cl)c([N+](=O)[O-])c1. The highest BCUT2D eigenvalue weighted by atomic mass is 35.5. The van der Waals surface area contributed by atoms with E-state index in [4.69, 9.17) is 11.6 Å². The van der Waals surface area contributed by atoms with E-state index in [1.54, 1.807) is 4.68 Å². The van der Waals surface area contributed by atoms with Crippen LogP contribution in [0.1, 0.15) is 12.5 Å². The van der Waals surface area contributed by atoms with E-state index in [2.05, 4.69) is 15.4 Å². The van der Waals surface area contributed by atoms with Crippen LogP contribution >= 0.6 is 23.4 Å². The first kappa shape index (κ1) is 21.2. The Morgan fingerprint density at radius 3 is 2.82 bits per heavy atom. The summed E-state index contributed by atoms with van der Waals surface area (Å²) in [5, 5.41) is 18.9. The lowest BCUT2D eigenvalue weighted by atomic mass is 10.2. The number of benzene rings is 2. The minimum Gasteiger partial charge on any atom is -0.326 e. The van der Waals surface area contributed by atoms with Gasteiger partial charge in [0.25, 0.3) is 11.2 Å². The van der Waals surface area contributed by atoms with Crippen LogP contribution in [0.5, 0.6) is 0 Å². The molecule has 1 aliphatic rings. The minimum absolute atomic E-state index is 0.0103. The van der Waals surface area contributed by atoms with Gasteiger partial charge in [-0.05, 0) is 24.3 Å². The Hall–Kier alpha value is -3.70. The molecule has 166 valence electrons. The number of hydrogen-bond acceptors (Lipinski definition) is 7. The number of halogens is 1. The monoisotopic (exact) mass is 482 g/mol. The molecule has 3 heterocycles. The van der Waals surface area contributed by atoms with Gasteiger partial charge < -0.3 is 5.32 Å². The van der Waals surface area contributed by atoms with Crippen molar-refractivity contribution in [2.24, 2.45) is 0 Å². The van der Waals surface area contributed by atoms with E-state index in [1.165, 1.54) is 40.7 Å². The van der Waals surface area contributed by atoms with Crippen LogP contribution in [0.3, 0.4) is 0 Å². The number of rotatable bonds is 5. The number of carbonyl (C=O) groups is 1. The Morgan fingerprint density at radius 1 is 1.27 bits per heavy atom. The molecular formula is C21H15ClN6O4S. The summed E-state index contributed by atoms with van der Waals surface area (Å²) in [5.41, 5.74) is 0.951. The van der Waals surface area contributed by atoms with E-state index in [1.807, 2.05) is 30.3 Å². The standard InChI is InChI=1S/C21H15ClN6O4S/c22-16-7-6-12(8-17(16)28(31)32)24-18(29)9-14-11-33-21-25-19-15(20(30)26(14)21)10-23-27(19)13-4-2-1-3-5-13/h1-8,10,14H,9,11H2,(H,24,29). The fraction of sp³-hybridized carbons (Fsp3) is 0.143. The predicted octanol–water partition coefficient (Wildman–Crippen LogP) is 3.82. The molecule has 12 heteroatoms. The first-order valence-corrected chi connectivity index (χ1v) is 11.2. The van der Waals surface area contributed by atoms with Crippen LogP contribution in [-0.2, 0) is 4.79 Å². The Labute approximate surface area is 195 Å². The van der Waals surface area contributed by atoms with Crippen molar-refractivity contribution in [2.45, 2.75) is 17.6 Å². The maximum absolute atomic E-state index is 13.2. The molecule has 0 aliphatic carbocycles. The van der Waals surface area contributed by atoms with Gasteiger partial charge in [0.1, 0.15) is 10.4 Å². The summed E-state index contributed by atoms with van der Waals surface area (Å²) in [4.78, 5) is 40.9. The number of nitro benzene ring substituents is 1. The van der Waals surface area contributed by atoms with E-state index >= 15 is 0 Å². The molecule has 10 nitrogen and oxygen atoms in total. The highest BCUT2D eigenvalue weighted by Gasteiger charge is 2.29. The molecule has 0 spiro atoms. The zero-order valence-corrected chi connectivity index (χ0v) is 18.4. The number of para-hydroxylation sites is 1. The number of thioether (sulfide) groups is 1.